The van der Waals surface area contributed by atoms with Crippen molar-refractivity contribution in [3.05, 3.63) is 106 Å². The van der Waals surface area contributed by atoms with Crippen LogP contribution in [0.5, 0.6) is 11.5 Å². The molecule has 0 radical (unpaired) electrons. The molecular weight excluding hydrogens is 546 g/mol. The lowest BCUT2D eigenvalue weighted by atomic mass is 9.68. The first-order valence-corrected chi connectivity index (χ1v) is 13.2. The van der Waals surface area contributed by atoms with Gasteiger partial charge in [0, 0.05) is 47.3 Å². The van der Waals surface area contributed by atoms with Crippen molar-refractivity contribution in [3.8, 4) is 11.5 Å². The first kappa shape index (κ1) is 25.7. The Bertz CT molecular complexity index is 1430. The molecular formula is C30H29BrN3O4+. The molecule has 0 spiro atoms. The summed E-state index contributed by atoms with van der Waals surface area (Å²) in [6.07, 6.45) is 4.23. The normalized spacial score (nSPS) is 20.7. The van der Waals surface area contributed by atoms with Gasteiger partial charge in [-0.1, -0.05) is 42.5 Å². The molecule has 38 heavy (non-hydrogen) atoms. The topological polar surface area (TPSA) is 90.8 Å². The summed E-state index contributed by atoms with van der Waals surface area (Å²) in [7, 11) is 3.17. The zero-order chi connectivity index (χ0) is 26.8. The van der Waals surface area contributed by atoms with Gasteiger partial charge in [-0.2, -0.15) is 0 Å². The summed E-state index contributed by atoms with van der Waals surface area (Å²) in [5.74, 6) is 0.347. The number of pyridine rings is 1. The van der Waals surface area contributed by atoms with Gasteiger partial charge >= 0.3 is 5.91 Å². The van der Waals surface area contributed by atoms with Gasteiger partial charge in [-0.25, -0.2) is 15.1 Å². The van der Waals surface area contributed by atoms with Gasteiger partial charge in [0.25, 0.3) is 5.82 Å². The van der Waals surface area contributed by atoms with Gasteiger partial charge in [-0.3, -0.25) is 4.79 Å². The Morgan fingerprint density at radius 1 is 1.05 bits per heavy atom. The monoisotopic (exact) mass is 574 g/mol. The summed E-state index contributed by atoms with van der Waals surface area (Å²) < 4.78 is 12.0. The fourth-order valence-corrected chi connectivity index (χ4v) is 5.62. The molecule has 7 nitrogen and oxygen atoms in total. The number of amides is 1. The van der Waals surface area contributed by atoms with E-state index in [1.54, 1.807) is 32.5 Å². The molecule has 1 aromatic heterocycles. The van der Waals surface area contributed by atoms with Crippen molar-refractivity contribution in [2.75, 3.05) is 19.5 Å². The average Bonchev–Trinajstić information content (AvgIpc) is 2.93. The van der Waals surface area contributed by atoms with E-state index in [0.29, 0.717) is 35.0 Å². The minimum atomic E-state index is -0.560. The summed E-state index contributed by atoms with van der Waals surface area (Å²) in [4.78, 5) is 30.7. The van der Waals surface area contributed by atoms with E-state index in [-0.39, 0.29) is 17.6 Å². The first-order chi connectivity index (χ1) is 18.4. The summed E-state index contributed by atoms with van der Waals surface area (Å²) in [5.41, 5.74) is 3.82. The highest BCUT2D eigenvalue weighted by Crippen LogP contribution is 2.48. The van der Waals surface area contributed by atoms with Crippen LogP contribution in [0.1, 0.15) is 36.3 Å². The number of allylic oxidation sites excluding steroid dienone is 3. The molecule has 5 rings (SSSR count). The number of carbonyl (C=O) groups is 2. The molecule has 2 aliphatic rings. The van der Waals surface area contributed by atoms with Gasteiger partial charge in [0.15, 0.2) is 0 Å². The van der Waals surface area contributed by atoms with Gasteiger partial charge in [0.05, 0.1) is 30.2 Å². The standard InChI is InChI=1S/C30H28BrN3O4/c1-17-27(30(36)34-26-12-9-20(31)16-32-26)28(22-11-10-21(37-2)15-25(22)38-3)29-23(33-17)13-19(14-24(29)35)18-7-5-4-6-8-18/h4-13,15-16,19,28-29,33H,14H2,1-3H3,(H,32,34,36)/p+1. The Balaban J connectivity index is 1.63. The highest BCUT2D eigenvalue weighted by atomic mass is 79.9. The Kier molecular flexibility index (Phi) is 7.33. The Hall–Kier alpha value is -3.91. The number of carbonyl (C=O) groups excluding carboxylic acids is 2. The molecule has 2 heterocycles. The van der Waals surface area contributed by atoms with E-state index >= 15 is 0 Å². The molecule has 3 unspecified atom stereocenters. The number of anilines is 1. The summed E-state index contributed by atoms with van der Waals surface area (Å²) in [5, 5.41) is 6.37. The zero-order valence-electron chi connectivity index (χ0n) is 21.4. The summed E-state index contributed by atoms with van der Waals surface area (Å²) in [6, 6.07) is 19.1. The van der Waals surface area contributed by atoms with Crippen LogP contribution >= 0.6 is 15.9 Å². The largest absolute Gasteiger partial charge is 0.497 e. The number of H-pyrrole nitrogens is 1. The second-order valence-corrected chi connectivity index (χ2v) is 10.3. The number of hydrogen-bond donors (Lipinski definition) is 2. The molecule has 1 amide bonds. The number of fused-ring (bicyclic) bond motifs is 1. The minimum absolute atomic E-state index is 0.0404. The first-order valence-electron chi connectivity index (χ1n) is 12.4. The van der Waals surface area contributed by atoms with Crippen molar-refractivity contribution in [2.24, 2.45) is 5.92 Å². The Labute approximate surface area is 230 Å². The molecule has 3 atom stereocenters. The van der Waals surface area contributed by atoms with Crippen LogP contribution in [0.4, 0.5) is 5.82 Å². The zero-order valence-corrected chi connectivity index (χ0v) is 23.0. The fourth-order valence-electron chi connectivity index (χ4n) is 5.37. The maximum absolute atomic E-state index is 13.9. The number of rotatable bonds is 6. The molecule has 0 fully saturated rings. The number of Topliss-reactive ketones (excluding diaryl/α,β-unsaturated/α-hetero) is 1. The van der Waals surface area contributed by atoms with E-state index in [4.69, 9.17) is 9.47 Å². The third kappa shape index (κ3) is 4.96. The van der Waals surface area contributed by atoms with Crippen LogP contribution in [0.15, 0.2) is 94.4 Å². The number of aromatic nitrogens is 1. The van der Waals surface area contributed by atoms with Crippen molar-refractivity contribution in [3.63, 3.8) is 0 Å². The van der Waals surface area contributed by atoms with Gasteiger partial charge in [0.1, 0.15) is 23.5 Å². The van der Waals surface area contributed by atoms with Crippen LogP contribution in [0.25, 0.3) is 0 Å². The van der Waals surface area contributed by atoms with Crippen LogP contribution < -0.4 is 25.1 Å². The Morgan fingerprint density at radius 2 is 1.84 bits per heavy atom. The number of ketones is 1. The van der Waals surface area contributed by atoms with Gasteiger partial charge in [-0.05, 0) is 40.5 Å². The third-order valence-corrected chi connectivity index (χ3v) is 7.63. The van der Waals surface area contributed by atoms with E-state index in [1.165, 1.54) is 0 Å². The maximum atomic E-state index is 13.9. The molecule has 3 N–H and O–H groups in total. The van der Waals surface area contributed by atoms with Crippen LogP contribution in [0.2, 0.25) is 0 Å². The van der Waals surface area contributed by atoms with E-state index < -0.39 is 11.8 Å². The van der Waals surface area contributed by atoms with Gasteiger partial charge < -0.3 is 14.8 Å². The fraction of sp³-hybridized carbons (Fsp3) is 0.233. The van der Waals surface area contributed by atoms with Crippen molar-refractivity contribution >= 4 is 33.4 Å². The Morgan fingerprint density at radius 3 is 2.53 bits per heavy atom. The number of halogens is 1. The lowest BCUT2D eigenvalue weighted by Crippen LogP contribution is -2.42. The van der Waals surface area contributed by atoms with Crippen LogP contribution in [-0.2, 0) is 9.59 Å². The summed E-state index contributed by atoms with van der Waals surface area (Å²) in [6.45, 7) is 1.87. The highest BCUT2D eigenvalue weighted by molar-refractivity contribution is 9.10. The van der Waals surface area contributed by atoms with E-state index in [2.05, 4.69) is 37.6 Å². The number of benzene rings is 2. The van der Waals surface area contributed by atoms with E-state index in [0.717, 1.165) is 21.3 Å². The molecule has 0 saturated carbocycles. The van der Waals surface area contributed by atoms with Crippen LogP contribution in [-0.4, -0.2) is 25.9 Å². The number of hydrogen-bond acceptors (Lipinski definition) is 5. The minimum Gasteiger partial charge on any atom is -0.497 e. The smallest absolute Gasteiger partial charge is 0.337 e. The van der Waals surface area contributed by atoms with Crippen molar-refractivity contribution < 1.29 is 24.0 Å². The SMILES string of the molecule is COc1ccc(C2C(C(=O)Nc3ccc(Br)c[nH+]3)=C(C)NC3=CC(c4ccccc4)CC(=O)C32)c(OC)c1. The number of ether oxygens (including phenoxy) is 2. The van der Waals surface area contributed by atoms with Crippen LogP contribution in [0, 0.1) is 5.92 Å². The molecule has 194 valence electrons. The second kappa shape index (κ2) is 10.8. The van der Waals surface area contributed by atoms with Crippen molar-refractivity contribution in [1.82, 2.24) is 5.32 Å². The third-order valence-electron chi connectivity index (χ3n) is 7.13. The number of methoxy groups -OCH3 is 2. The van der Waals surface area contributed by atoms with Gasteiger partial charge in [0.2, 0.25) is 0 Å². The highest BCUT2D eigenvalue weighted by Gasteiger charge is 2.46. The average molecular weight is 575 g/mol. The number of aromatic amines is 1. The quantitative estimate of drug-likeness (QED) is 0.425. The molecule has 1 aliphatic heterocycles. The lowest BCUT2D eigenvalue weighted by Gasteiger charge is -2.39. The molecule has 0 saturated heterocycles. The second-order valence-electron chi connectivity index (χ2n) is 9.41. The molecule has 3 aromatic rings. The van der Waals surface area contributed by atoms with Gasteiger partial charge in [-0.15, -0.1) is 0 Å². The molecule has 1 aliphatic carbocycles. The maximum Gasteiger partial charge on any atom is 0.337 e. The number of nitrogens with one attached hydrogen (secondary N) is 3. The van der Waals surface area contributed by atoms with Crippen molar-refractivity contribution in [2.45, 2.75) is 25.2 Å². The molecule has 0 bridgehead atoms. The lowest BCUT2D eigenvalue weighted by molar-refractivity contribution is -0.361. The van der Waals surface area contributed by atoms with E-state index in [9.17, 15) is 9.59 Å². The molecule has 8 heteroatoms. The van der Waals surface area contributed by atoms with E-state index in [1.807, 2.05) is 55.5 Å². The predicted molar refractivity (Wildman–Crippen MR) is 148 cm³/mol. The predicted octanol–water partition coefficient (Wildman–Crippen LogP) is 5.14. The van der Waals surface area contributed by atoms with Crippen molar-refractivity contribution in [1.29, 1.82) is 0 Å². The molecule has 2 aromatic carbocycles. The van der Waals surface area contributed by atoms with Crippen LogP contribution in [0.3, 0.4) is 0 Å². The summed E-state index contributed by atoms with van der Waals surface area (Å²) >= 11 is 3.40.